The summed E-state index contributed by atoms with van der Waals surface area (Å²) in [6, 6.07) is 11.4. The van der Waals surface area contributed by atoms with Crippen LogP contribution in [0.15, 0.2) is 36.4 Å². The molecular weight excluding hydrogens is 214 g/mol. The first-order valence-corrected chi connectivity index (χ1v) is 5.62. The molecule has 0 fully saturated rings. The molecule has 4 nitrogen and oxygen atoms in total. The second-order valence-electron chi connectivity index (χ2n) is 3.72. The van der Waals surface area contributed by atoms with Gasteiger partial charge in [0.1, 0.15) is 11.6 Å². The SMILES string of the molecule is CCCOc1ccc(-c2ccc(N)nn2)cc1. The molecule has 0 saturated carbocycles. The molecule has 1 aromatic heterocycles. The first-order chi connectivity index (χ1) is 8.29. The van der Waals surface area contributed by atoms with E-state index in [0.717, 1.165) is 30.0 Å². The number of hydrogen-bond donors (Lipinski definition) is 1. The third kappa shape index (κ3) is 2.93. The predicted octanol–water partition coefficient (Wildman–Crippen LogP) is 2.51. The van der Waals surface area contributed by atoms with Crippen molar-refractivity contribution >= 4 is 5.82 Å². The summed E-state index contributed by atoms with van der Waals surface area (Å²) < 4.78 is 5.51. The van der Waals surface area contributed by atoms with Crippen molar-refractivity contribution in [3.05, 3.63) is 36.4 Å². The van der Waals surface area contributed by atoms with Gasteiger partial charge in [-0.15, -0.1) is 10.2 Å². The van der Waals surface area contributed by atoms with Crippen LogP contribution in [-0.2, 0) is 0 Å². The van der Waals surface area contributed by atoms with Gasteiger partial charge in [0.15, 0.2) is 0 Å². The van der Waals surface area contributed by atoms with Gasteiger partial charge in [-0.1, -0.05) is 6.92 Å². The Hall–Kier alpha value is -2.10. The van der Waals surface area contributed by atoms with Crippen LogP contribution in [-0.4, -0.2) is 16.8 Å². The zero-order valence-corrected chi connectivity index (χ0v) is 9.76. The van der Waals surface area contributed by atoms with Crippen molar-refractivity contribution in [2.45, 2.75) is 13.3 Å². The molecular formula is C13H15N3O. The lowest BCUT2D eigenvalue weighted by Gasteiger charge is -2.05. The van der Waals surface area contributed by atoms with Gasteiger partial charge in [-0.2, -0.15) is 0 Å². The Morgan fingerprint density at radius 3 is 2.41 bits per heavy atom. The van der Waals surface area contributed by atoms with E-state index in [2.05, 4.69) is 17.1 Å². The van der Waals surface area contributed by atoms with Gasteiger partial charge in [0.05, 0.1) is 12.3 Å². The largest absolute Gasteiger partial charge is 0.494 e. The summed E-state index contributed by atoms with van der Waals surface area (Å²) in [5, 5.41) is 7.85. The number of benzene rings is 1. The van der Waals surface area contributed by atoms with Gasteiger partial charge >= 0.3 is 0 Å². The molecule has 0 saturated heterocycles. The summed E-state index contributed by atoms with van der Waals surface area (Å²) in [6.07, 6.45) is 1.01. The molecule has 2 rings (SSSR count). The molecule has 0 bridgehead atoms. The fourth-order valence-corrected chi connectivity index (χ4v) is 1.44. The van der Waals surface area contributed by atoms with Crippen LogP contribution in [0.4, 0.5) is 5.82 Å². The molecule has 17 heavy (non-hydrogen) atoms. The molecule has 0 amide bonds. The lowest BCUT2D eigenvalue weighted by Crippen LogP contribution is -1.95. The van der Waals surface area contributed by atoms with Crippen molar-refractivity contribution in [3.63, 3.8) is 0 Å². The lowest BCUT2D eigenvalue weighted by molar-refractivity contribution is 0.317. The third-order valence-corrected chi connectivity index (χ3v) is 2.31. The lowest BCUT2D eigenvalue weighted by atomic mass is 10.1. The maximum atomic E-state index is 5.51. The molecule has 0 aliphatic carbocycles. The standard InChI is InChI=1S/C13H15N3O/c1-2-9-17-11-5-3-10(4-6-11)12-7-8-13(14)16-15-12/h3-8H,2,9H2,1H3,(H2,14,16). The number of anilines is 1. The van der Waals surface area contributed by atoms with Crippen LogP contribution in [0, 0.1) is 0 Å². The summed E-state index contributed by atoms with van der Waals surface area (Å²) in [4.78, 5) is 0. The quantitative estimate of drug-likeness (QED) is 0.875. The average Bonchev–Trinajstić information content (AvgIpc) is 2.38. The number of nitrogens with two attached hydrogens (primary N) is 1. The summed E-state index contributed by atoms with van der Waals surface area (Å²) in [7, 11) is 0. The third-order valence-electron chi connectivity index (χ3n) is 2.31. The minimum atomic E-state index is 0.427. The van der Waals surface area contributed by atoms with E-state index in [9.17, 15) is 0 Å². The van der Waals surface area contributed by atoms with Crippen LogP contribution in [0.25, 0.3) is 11.3 Å². The molecule has 2 aromatic rings. The minimum Gasteiger partial charge on any atom is -0.494 e. The van der Waals surface area contributed by atoms with Crippen molar-refractivity contribution in [1.29, 1.82) is 0 Å². The highest BCUT2D eigenvalue weighted by Crippen LogP contribution is 2.20. The van der Waals surface area contributed by atoms with E-state index in [1.807, 2.05) is 30.3 Å². The molecule has 4 heteroatoms. The first kappa shape index (κ1) is 11.4. The number of nitrogen functional groups attached to an aromatic ring is 1. The first-order valence-electron chi connectivity index (χ1n) is 5.62. The highest BCUT2D eigenvalue weighted by molar-refractivity contribution is 5.60. The fraction of sp³-hybridized carbons (Fsp3) is 0.231. The van der Waals surface area contributed by atoms with Gasteiger partial charge in [-0.05, 0) is 42.8 Å². The van der Waals surface area contributed by atoms with Gasteiger partial charge in [0.2, 0.25) is 0 Å². The van der Waals surface area contributed by atoms with Crippen molar-refractivity contribution in [3.8, 4) is 17.0 Å². The molecule has 0 spiro atoms. The van der Waals surface area contributed by atoms with Gasteiger partial charge in [0, 0.05) is 5.56 Å². The molecule has 0 atom stereocenters. The van der Waals surface area contributed by atoms with Crippen molar-refractivity contribution in [1.82, 2.24) is 10.2 Å². The normalized spacial score (nSPS) is 10.2. The van der Waals surface area contributed by atoms with Crippen LogP contribution >= 0.6 is 0 Å². The molecule has 1 aromatic carbocycles. The molecule has 0 radical (unpaired) electrons. The number of rotatable bonds is 4. The smallest absolute Gasteiger partial charge is 0.146 e. The Bertz CT molecular complexity index is 465. The second-order valence-corrected chi connectivity index (χ2v) is 3.72. The number of ether oxygens (including phenoxy) is 1. The van der Waals surface area contributed by atoms with E-state index in [0.29, 0.717) is 5.82 Å². The number of aromatic nitrogens is 2. The topological polar surface area (TPSA) is 61.0 Å². The molecule has 1 heterocycles. The van der Waals surface area contributed by atoms with Crippen LogP contribution in [0.3, 0.4) is 0 Å². The molecule has 0 aliphatic heterocycles. The van der Waals surface area contributed by atoms with Crippen molar-refractivity contribution in [2.24, 2.45) is 0 Å². The van der Waals surface area contributed by atoms with Crippen LogP contribution in [0.5, 0.6) is 5.75 Å². The van der Waals surface area contributed by atoms with Gasteiger partial charge in [0.25, 0.3) is 0 Å². The molecule has 0 aliphatic rings. The van der Waals surface area contributed by atoms with E-state index in [1.54, 1.807) is 6.07 Å². The second kappa shape index (κ2) is 5.30. The van der Waals surface area contributed by atoms with E-state index in [-0.39, 0.29) is 0 Å². The van der Waals surface area contributed by atoms with Crippen LogP contribution in [0.2, 0.25) is 0 Å². The Kier molecular flexibility index (Phi) is 3.55. The minimum absolute atomic E-state index is 0.427. The van der Waals surface area contributed by atoms with Crippen LogP contribution in [0.1, 0.15) is 13.3 Å². The molecule has 0 unspecified atom stereocenters. The van der Waals surface area contributed by atoms with E-state index in [4.69, 9.17) is 10.5 Å². The predicted molar refractivity (Wildman–Crippen MR) is 67.7 cm³/mol. The Labute approximate surface area is 100 Å². The van der Waals surface area contributed by atoms with Gasteiger partial charge in [-0.3, -0.25) is 0 Å². The zero-order valence-electron chi connectivity index (χ0n) is 9.76. The van der Waals surface area contributed by atoms with E-state index >= 15 is 0 Å². The summed E-state index contributed by atoms with van der Waals surface area (Å²) in [5.74, 6) is 1.30. The van der Waals surface area contributed by atoms with Crippen LogP contribution < -0.4 is 10.5 Å². The number of nitrogens with zero attached hydrogens (tertiary/aromatic N) is 2. The Morgan fingerprint density at radius 2 is 1.82 bits per heavy atom. The maximum Gasteiger partial charge on any atom is 0.146 e. The number of hydrogen-bond acceptors (Lipinski definition) is 4. The molecule has 2 N–H and O–H groups in total. The molecule has 88 valence electrons. The van der Waals surface area contributed by atoms with Crippen molar-refractivity contribution in [2.75, 3.05) is 12.3 Å². The monoisotopic (exact) mass is 229 g/mol. The fourth-order valence-electron chi connectivity index (χ4n) is 1.44. The highest BCUT2D eigenvalue weighted by atomic mass is 16.5. The Balaban J connectivity index is 2.14. The highest BCUT2D eigenvalue weighted by Gasteiger charge is 2.00. The average molecular weight is 229 g/mol. The zero-order chi connectivity index (χ0) is 12.1. The van der Waals surface area contributed by atoms with Gasteiger partial charge in [-0.25, -0.2) is 0 Å². The Morgan fingerprint density at radius 1 is 1.06 bits per heavy atom. The maximum absolute atomic E-state index is 5.51. The summed E-state index contributed by atoms with van der Waals surface area (Å²) in [6.45, 7) is 2.82. The summed E-state index contributed by atoms with van der Waals surface area (Å²) >= 11 is 0. The van der Waals surface area contributed by atoms with E-state index in [1.165, 1.54) is 0 Å². The van der Waals surface area contributed by atoms with Crippen molar-refractivity contribution < 1.29 is 4.74 Å². The summed E-state index contributed by atoms with van der Waals surface area (Å²) in [5.41, 5.74) is 7.30. The van der Waals surface area contributed by atoms with E-state index < -0.39 is 0 Å². The van der Waals surface area contributed by atoms with Gasteiger partial charge < -0.3 is 10.5 Å².